The molecule has 0 radical (unpaired) electrons. The van der Waals surface area contributed by atoms with Crippen molar-refractivity contribution in [1.29, 1.82) is 0 Å². The van der Waals surface area contributed by atoms with Gasteiger partial charge >= 0.3 is 0 Å². The summed E-state index contributed by atoms with van der Waals surface area (Å²) in [6.45, 7) is 2.88. The van der Waals surface area contributed by atoms with Crippen LogP contribution in [0.25, 0.3) is 0 Å². The van der Waals surface area contributed by atoms with E-state index in [-0.39, 0.29) is 0 Å². The smallest absolute Gasteiger partial charge is 0.0831 e. The van der Waals surface area contributed by atoms with Crippen LogP contribution in [0.3, 0.4) is 0 Å². The number of hydrogen-bond acceptors (Lipinski definition) is 0. The highest BCUT2D eigenvalue weighted by atomic mass is 14.9. The van der Waals surface area contributed by atoms with Crippen LogP contribution < -0.4 is 0 Å². The van der Waals surface area contributed by atoms with Crippen LogP contribution in [-0.2, 0) is 6.54 Å². The van der Waals surface area contributed by atoms with Gasteiger partial charge < -0.3 is 4.57 Å². The molecule has 0 saturated carbocycles. The molecule has 0 fully saturated rings. The second-order valence-electron chi connectivity index (χ2n) is 2.06. The van der Waals surface area contributed by atoms with E-state index < -0.39 is 0 Å². The SMILES string of the molecule is CCC#CCn1cccc1. The Morgan fingerprint density at radius 3 is 2.50 bits per heavy atom. The largest absolute Gasteiger partial charge is 0.343 e. The molecule has 0 unspecified atom stereocenters. The van der Waals surface area contributed by atoms with Gasteiger partial charge in [0.15, 0.2) is 0 Å². The van der Waals surface area contributed by atoms with Gasteiger partial charge in [0, 0.05) is 18.8 Å². The molecule has 1 nitrogen and oxygen atoms in total. The van der Waals surface area contributed by atoms with E-state index in [0.717, 1.165) is 13.0 Å². The van der Waals surface area contributed by atoms with Crippen molar-refractivity contribution in [1.82, 2.24) is 4.57 Å². The van der Waals surface area contributed by atoms with Crippen molar-refractivity contribution in [3.05, 3.63) is 24.5 Å². The van der Waals surface area contributed by atoms with E-state index in [0.29, 0.717) is 0 Å². The van der Waals surface area contributed by atoms with Crippen molar-refractivity contribution in [2.45, 2.75) is 19.9 Å². The lowest BCUT2D eigenvalue weighted by molar-refractivity contribution is 0.849. The number of nitrogens with zero attached hydrogens (tertiary/aromatic N) is 1. The Morgan fingerprint density at radius 1 is 1.20 bits per heavy atom. The zero-order valence-corrected chi connectivity index (χ0v) is 6.17. The van der Waals surface area contributed by atoms with Crippen LogP contribution in [0.1, 0.15) is 13.3 Å². The van der Waals surface area contributed by atoms with Crippen molar-refractivity contribution < 1.29 is 0 Å². The molecule has 1 heteroatoms. The van der Waals surface area contributed by atoms with Crippen molar-refractivity contribution in [3.63, 3.8) is 0 Å². The molecule has 0 spiro atoms. The summed E-state index contributed by atoms with van der Waals surface area (Å²) in [4.78, 5) is 0. The van der Waals surface area contributed by atoms with E-state index in [1.165, 1.54) is 0 Å². The lowest BCUT2D eigenvalue weighted by atomic mass is 10.5. The van der Waals surface area contributed by atoms with Gasteiger partial charge in [0.2, 0.25) is 0 Å². The first-order valence-corrected chi connectivity index (χ1v) is 3.50. The van der Waals surface area contributed by atoms with Gasteiger partial charge in [0.05, 0.1) is 6.54 Å². The molecular formula is C9H11N. The van der Waals surface area contributed by atoms with E-state index in [1.54, 1.807) is 0 Å². The fourth-order valence-electron chi connectivity index (χ4n) is 0.748. The lowest BCUT2D eigenvalue weighted by Crippen LogP contribution is -1.88. The summed E-state index contributed by atoms with van der Waals surface area (Å²) in [5.74, 6) is 6.07. The van der Waals surface area contributed by atoms with Crippen LogP contribution in [0.4, 0.5) is 0 Å². The Balaban J connectivity index is 2.41. The third-order valence-electron chi connectivity index (χ3n) is 1.23. The zero-order valence-electron chi connectivity index (χ0n) is 6.17. The quantitative estimate of drug-likeness (QED) is 0.516. The Hall–Kier alpha value is -1.16. The molecule has 52 valence electrons. The van der Waals surface area contributed by atoms with Gasteiger partial charge in [-0.25, -0.2) is 0 Å². The molecule has 0 atom stereocenters. The van der Waals surface area contributed by atoms with Gasteiger partial charge in [-0.1, -0.05) is 12.8 Å². The Labute approximate surface area is 61.7 Å². The van der Waals surface area contributed by atoms with Crippen LogP contribution >= 0.6 is 0 Å². The Kier molecular flexibility index (Phi) is 2.63. The normalized spacial score (nSPS) is 8.50. The standard InChI is InChI=1S/C9H11N/c1-2-3-4-7-10-8-5-6-9-10/h5-6,8-9H,2,7H2,1H3. The van der Waals surface area contributed by atoms with Crippen LogP contribution in [0.15, 0.2) is 24.5 Å². The predicted molar refractivity (Wildman–Crippen MR) is 42.5 cm³/mol. The summed E-state index contributed by atoms with van der Waals surface area (Å²) >= 11 is 0. The lowest BCUT2D eigenvalue weighted by Gasteiger charge is -1.90. The predicted octanol–water partition coefficient (Wildman–Crippen LogP) is 1.90. The molecule has 1 aromatic rings. The number of aromatic nitrogens is 1. The monoisotopic (exact) mass is 133 g/mol. The molecule has 0 aromatic carbocycles. The van der Waals surface area contributed by atoms with Gasteiger partial charge in [-0.2, -0.15) is 0 Å². The number of hydrogen-bond donors (Lipinski definition) is 0. The fourth-order valence-corrected chi connectivity index (χ4v) is 0.748. The van der Waals surface area contributed by atoms with Crippen LogP contribution in [-0.4, -0.2) is 4.57 Å². The van der Waals surface area contributed by atoms with Crippen LogP contribution in [0.5, 0.6) is 0 Å². The Morgan fingerprint density at radius 2 is 1.90 bits per heavy atom. The second-order valence-corrected chi connectivity index (χ2v) is 2.06. The summed E-state index contributed by atoms with van der Waals surface area (Å²) in [5, 5.41) is 0. The summed E-state index contributed by atoms with van der Waals surface area (Å²) in [5.41, 5.74) is 0. The molecule has 0 aliphatic rings. The molecule has 0 aliphatic heterocycles. The Bertz CT molecular complexity index is 223. The van der Waals surface area contributed by atoms with E-state index in [1.807, 2.05) is 24.5 Å². The van der Waals surface area contributed by atoms with E-state index in [9.17, 15) is 0 Å². The molecule has 0 bridgehead atoms. The highest BCUT2D eigenvalue weighted by Crippen LogP contribution is 1.87. The first kappa shape index (κ1) is 6.95. The minimum absolute atomic E-state index is 0.820. The third-order valence-corrected chi connectivity index (χ3v) is 1.23. The average molecular weight is 133 g/mol. The van der Waals surface area contributed by atoms with Gasteiger partial charge in [-0.05, 0) is 12.1 Å². The maximum atomic E-state index is 3.05. The minimum atomic E-state index is 0.820. The molecule has 0 N–H and O–H groups in total. The first-order valence-electron chi connectivity index (χ1n) is 3.50. The van der Waals surface area contributed by atoms with E-state index in [2.05, 4.69) is 23.3 Å². The molecule has 0 amide bonds. The molecule has 1 aromatic heterocycles. The van der Waals surface area contributed by atoms with Gasteiger partial charge in [-0.15, -0.1) is 5.92 Å². The molecule has 1 heterocycles. The summed E-state index contributed by atoms with van der Waals surface area (Å²) in [6.07, 6.45) is 4.98. The fraction of sp³-hybridized carbons (Fsp3) is 0.333. The van der Waals surface area contributed by atoms with Gasteiger partial charge in [0.25, 0.3) is 0 Å². The van der Waals surface area contributed by atoms with Crippen LogP contribution in [0, 0.1) is 11.8 Å². The molecule has 0 aliphatic carbocycles. The van der Waals surface area contributed by atoms with E-state index in [4.69, 9.17) is 0 Å². The molecule has 10 heavy (non-hydrogen) atoms. The third kappa shape index (κ3) is 1.99. The maximum absolute atomic E-state index is 3.05. The summed E-state index contributed by atoms with van der Waals surface area (Å²) < 4.78 is 2.06. The zero-order chi connectivity index (χ0) is 7.23. The second kappa shape index (κ2) is 3.79. The molecule has 0 saturated heterocycles. The van der Waals surface area contributed by atoms with Crippen LogP contribution in [0.2, 0.25) is 0 Å². The van der Waals surface area contributed by atoms with Gasteiger partial charge in [-0.3, -0.25) is 0 Å². The van der Waals surface area contributed by atoms with Gasteiger partial charge in [0.1, 0.15) is 0 Å². The summed E-state index contributed by atoms with van der Waals surface area (Å²) in [7, 11) is 0. The summed E-state index contributed by atoms with van der Waals surface area (Å²) in [6, 6.07) is 4.02. The highest BCUT2D eigenvalue weighted by molar-refractivity contribution is 5.01. The maximum Gasteiger partial charge on any atom is 0.0831 e. The van der Waals surface area contributed by atoms with Crippen molar-refractivity contribution in [2.75, 3.05) is 0 Å². The average Bonchev–Trinajstić information content (AvgIpc) is 2.41. The van der Waals surface area contributed by atoms with Crippen molar-refractivity contribution in [2.24, 2.45) is 0 Å². The first-order chi connectivity index (χ1) is 4.93. The topological polar surface area (TPSA) is 4.93 Å². The highest BCUT2D eigenvalue weighted by Gasteiger charge is 1.79. The minimum Gasteiger partial charge on any atom is -0.343 e. The van der Waals surface area contributed by atoms with Crippen molar-refractivity contribution >= 4 is 0 Å². The molecule has 1 rings (SSSR count). The van der Waals surface area contributed by atoms with E-state index >= 15 is 0 Å². The number of rotatable bonds is 1. The van der Waals surface area contributed by atoms with Crippen molar-refractivity contribution in [3.8, 4) is 11.8 Å². The molecular weight excluding hydrogens is 122 g/mol.